The number of pyridine rings is 1. The summed E-state index contributed by atoms with van der Waals surface area (Å²) in [5.41, 5.74) is 4.22. The third-order valence-corrected chi connectivity index (χ3v) is 3.86. The van der Waals surface area contributed by atoms with Gasteiger partial charge in [-0.05, 0) is 48.1 Å². The number of ketones is 1. The molecule has 0 N–H and O–H groups in total. The molecule has 1 aromatic heterocycles. The van der Waals surface area contributed by atoms with E-state index in [2.05, 4.69) is 17.1 Å². The summed E-state index contributed by atoms with van der Waals surface area (Å²) >= 11 is 6.00. The van der Waals surface area contributed by atoms with E-state index >= 15 is 0 Å². The predicted molar refractivity (Wildman–Crippen MR) is 75.7 cm³/mol. The highest BCUT2D eigenvalue weighted by Crippen LogP contribution is 2.23. The standard InChI is InChI=1S/C16H14ClNO/c17-14-5-2-8-18-16(14)15(19)10-11-6-7-12-3-1-4-13(12)9-11/h2,5-9H,1,3-4,10H2. The molecule has 0 bridgehead atoms. The molecule has 0 aliphatic heterocycles. The van der Waals surface area contributed by atoms with Crippen LogP contribution in [0.2, 0.25) is 5.02 Å². The average Bonchev–Trinajstić information content (AvgIpc) is 2.86. The molecule has 3 heteroatoms. The summed E-state index contributed by atoms with van der Waals surface area (Å²) in [7, 11) is 0. The Bertz CT molecular complexity index is 636. The van der Waals surface area contributed by atoms with Crippen LogP contribution in [0.3, 0.4) is 0 Å². The molecule has 1 aliphatic carbocycles. The molecule has 96 valence electrons. The van der Waals surface area contributed by atoms with Gasteiger partial charge in [-0.15, -0.1) is 0 Å². The number of carbonyl (C=O) groups excluding carboxylic acids is 1. The Morgan fingerprint density at radius 3 is 2.89 bits per heavy atom. The van der Waals surface area contributed by atoms with Crippen molar-refractivity contribution in [2.75, 3.05) is 0 Å². The van der Waals surface area contributed by atoms with E-state index in [4.69, 9.17) is 11.6 Å². The van der Waals surface area contributed by atoms with Crippen molar-refractivity contribution in [2.24, 2.45) is 0 Å². The van der Waals surface area contributed by atoms with Gasteiger partial charge in [0.05, 0.1) is 5.02 Å². The second-order valence-corrected chi connectivity index (χ2v) is 5.30. The second-order valence-electron chi connectivity index (χ2n) is 4.89. The number of aryl methyl sites for hydroxylation is 2. The van der Waals surface area contributed by atoms with Crippen molar-refractivity contribution in [1.82, 2.24) is 4.98 Å². The Hall–Kier alpha value is -1.67. The summed E-state index contributed by atoms with van der Waals surface area (Å²) in [5, 5.41) is 0.425. The molecule has 3 rings (SSSR count). The Kier molecular flexibility index (Phi) is 3.34. The number of carbonyl (C=O) groups is 1. The largest absolute Gasteiger partial charge is 0.292 e. The van der Waals surface area contributed by atoms with Crippen LogP contribution in [0.5, 0.6) is 0 Å². The highest BCUT2D eigenvalue weighted by atomic mass is 35.5. The molecule has 0 fully saturated rings. The van der Waals surface area contributed by atoms with E-state index < -0.39 is 0 Å². The van der Waals surface area contributed by atoms with E-state index in [1.807, 2.05) is 6.07 Å². The van der Waals surface area contributed by atoms with Crippen LogP contribution in [-0.4, -0.2) is 10.8 Å². The fourth-order valence-electron chi connectivity index (χ4n) is 2.60. The summed E-state index contributed by atoms with van der Waals surface area (Å²) in [6.45, 7) is 0. The lowest BCUT2D eigenvalue weighted by Gasteiger charge is -2.05. The molecule has 0 spiro atoms. The van der Waals surface area contributed by atoms with E-state index in [0.717, 1.165) is 18.4 Å². The summed E-state index contributed by atoms with van der Waals surface area (Å²) in [5.74, 6) is -0.0245. The summed E-state index contributed by atoms with van der Waals surface area (Å²) < 4.78 is 0. The quantitative estimate of drug-likeness (QED) is 0.798. The van der Waals surface area contributed by atoms with Gasteiger partial charge in [-0.1, -0.05) is 29.8 Å². The van der Waals surface area contributed by atoms with Crippen LogP contribution in [0.15, 0.2) is 36.5 Å². The first-order chi connectivity index (χ1) is 9.24. The van der Waals surface area contributed by atoms with Crippen molar-refractivity contribution in [3.63, 3.8) is 0 Å². The van der Waals surface area contributed by atoms with Gasteiger partial charge in [-0.25, -0.2) is 0 Å². The van der Waals surface area contributed by atoms with Gasteiger partial charge in [-0.3, -0.25) is 9.78 Å². The number of halogens is 1. The molecule has 0 saturated carbocycles. The molecule has 0 atom stereocenters. The maximum Gasteiger partial charge on any atom is 0.187 e. The lowest BCUT2D eigenvalue weighted by atomic mass is 10.0. The van der Waals surface area contributed by atoms with E-state index in [9.17, 15) is 4.79 Å². The molecular formula is C16H14ClNO. The van der Waals surface area contributed by atoms with Crippen LogP contribution >= 0.6 is 11.6 Å². The van der Waals surface area contributed by atoms with Gasteiger partial charge in [0.15, 0.2) is 5.78 Å². The molecular weight excluding hydrogens is 258 g/mol. The summed E-state index contributed by atoms with van der Waals surface area (Å²) in [4.78, 5) is 16.3. The molecule has 0 amide bonds. The second kappa shape index (κ2) is 5.14. The fraction of sp³-hybridized carbons (Fsp3) is 0.250. The molecule has 0 saturated heterocycles. The molecule has 19 heavy (non-hydrogen) atoms. The minimum Gasteiger partial charge on any atom is -0.292 e. The molecule has 2 aromatic rings. The molecule has 1 heterocycles. The number of Topliss-reactive ketones (excluding diaryl/α,β-unsaturated/α-hetero) is 1. The van der Waals surface area contributed by atoms with Crippen LogP contribution in [0, 0.1) is 0 Å². The van der Waals surface area contributed by atoms with Crippen molar-refractivity contribution < 1.29 is 4.79 Å². The van der Waals surface area contributed by atoms with Crippen LogP contribution in [0.25, 0.3) is 0 Å². The van der Waals surface area contributed by atoms with E-state index in [-0.39, 0.29) is 5.78 Å². The van der Waals surface area contributed by atoms with E-state index in [0.29, 0.717) is 17.1 Å². The first-order valence-corrected chi connectivity index (χ1v) is 6.86. The van der Waals surface area contributed by atoms with Crippen molar-refractivity contribution in [1.29, 1.82) is 0 Å². The monoisotopic (exact) mass is 271 g/mol. The molecule has 0 radical (unpaired) electrons. The van der Waals surface area contributed by atoms with Gasteiger partial charge in [0.25, 0.3) is 0 Å². The number of fused-ring (bicyclic) bond motifs is 1. The number of hydrogen-bond donors (Lipinski definition) is 0. The first kappa shape index (κ1) is 12.4. The highest BCUT2D eigenvalue weighted by molar-refractivity contribution is 6.33. The van der Waals surface area contributed by atoms with Gasteiger partial charge in [-0.2, -0.15) is 0 Å². The topological polar surface area (TPSA) is 30.0 Å². The smallest absolute Gasteiger partial charge is 0.187 e. The Labute approximate surface area is 117 Å². The lowest BCUT2D eigenvalue weighted by Crippen LogP contribution is -2.07. The van der Waals surface area contributed by atoms with Crippen LogP contribution in [-0.2, 0) is 19.3 Å². The third-order valence-electron chi connectivity index (χ3n) is 3.55. The van der Waals surface area contributed by atoms with Crippen LogP contribution in [0.4, 0.5) is 0 Å². The molecule has 2 nitrogen and oxygen atoms in total. The zero-order valence-electron chi connectivity index (χ0n) is 10.5. The van der Waals surface area contributed by atoms with E-state index in [1.54, 1.807) is 18.3 Å². The maximum absolute atomic E-state index is 12.2. The number of nitrogens with zero attached hydrogens (tertiary/aromatic N) is 1. The number of benzene rings is 1. The molecule has 1 aromatic carbocycles. The Morgan fingerprint density at radius 2 is 2.05 bits per heavy atom. The minimum absolute atomic E-state index is 0.0245. The van der Waals surface area contributed by atoms with Gasteiger partial charge < -0.3 is 0 Å². The first-order valence-electron chi connectivity index (χ1n) is 6.48. The predicted octanol–water partition coefficient (Wildman–Crippen LogP) is 3.65. The number of aromatic nitrogens is 1. The SMILES string of the molecule is O=C(Cc1ccc2c(c1)CCC2)c1ncccc1Cl. The van der Waals surface area contributed by atoms with Gasteiger partial charge in [0.1, 0.15) is 5.69 Å². The van der Waals surface area contributed by atoms with Crippen LogP contribution in [0.1, 0.15) is 33.6 Å². The van der Waals surface area contributed by atoms with Gasteiger partial charge in [0, 0.05) is 12.6 Å². The van der Waals surface area contributed by atoms with Crippen molar-refractivity contribution >= 4 is 17.4 Å². The van der Waals surface area contributed by atoms with Crippen molar-refractivity contribution in [3.05, 3.63) is 63.9 Å². The number of rotatable bonds is 3. The lowest BCUT2D eigenvalue weighted by molar-refractivity contribution is 0.0988. The average molecular weight is 272 g/mol. The van der Waals surface area contributed by atoms with Crippen molar-refractivity contribution in [3.8, 4) is 0 Å². The highest BCUT2D eigenvalue weighted by Gasteiger charge is 2.15. The van der Waals surface area contributed by atoms with E-state index in [1.165, 1.54) is 17.5 Å². The summed E-state index contributed by atoms with van der Waals surface area (Å²) in [6, 6.07) is 9.76. The van der Waals surface area contributed by atoms with Gasteiger partial charge >= 0.3 is 0 Å². The maximum atomic E-state index is 12.2. The fourth-order valence-corrected chi connectivity index (χ4v) is 2.82. The Balaban J connectivity index is 1.82. The minimum atomic E-state index is -0.0245. The summed E-state index contributed by atoms with van der Waals surface area (Å²) in [6.07, 6.45) is 5.47. The molecule has 0 unspecified atom stereocenters. The Morgan fingerprint density at radius 1 is 1.21 bits per heavy atom. The molecule has 1 aliphatic rings. The van der Waals surface area contributed by atoms with Gasteiger partial charge in [0.2, 0.25) is 0 Å². The third kappa shape index (κ3) is 2.54. The number of hydrogen-bond acceptors (Lipinski definition) is 2. The van der Waals surface area contributed by atoms with Crippen LogP contribution < -0.4 is 0 Å². The normalized spacial score (nSPS) is 13.3. The zero-order chi connectivity index (χ0) is 13.2. The van der Waals surface area contributed by atoms with Crippen molar-refractivity contribution in [2.45, 2.75) is 25.7 Å². The zero-order valence-corrected chi connectivity index (χ0v) is 11.3.